The van der Waals surface area contributed by atoms with Crippen molar-refractivity contribution in [2.45, 2.75) is 34.6 Å². The molecule has 0 saturated heterocycles. The van der Waals surface area contributed by atoms with Crippen molar-refractivity contribution in [2.75, 3.05) is 6.54 Å². The van der Waals surface area contributed by atoms with Gasteiger partial charge in [0, 0.05) is 5.56 Å². The molecule has 0 saturated carbocycles. The molecular formula is C14H23NO3. The van der Waals surface area contributed by atoms with E-state index in [1.165, 1.54) is 0 Å². The lowest BCUT2D eigenvalue weighted by Gasteiger charge is -2.01. The van der Waals surface area contributed by atoms with E-state index in [1.807, 2.05) is 34.6 Å². The molecule has 4 heteroatoms. The van der Waals surface area contributed by atoms with Gasteiger partial charge in [-0.2, -0.15) is 0 Å². The van der Waals surface area contributed by atoms with Crippen molar-refractivity contribution in [1.82, 2.24) is 5.32 Å². The minimum Gasteiger partial charge on any atom is -0.480 e. The number of aryl methyl sites for hydroxylation is 1. The minimum atomic E-state index is -1.05. The zero-order valence-corrected chi connectivity index (χ0v) is 11.8. The average Bonchev–Trinajstić information content (AvgIpc) is 2.41. The molecule has 0 aromatic heterocycles. The number of benzene rings is 1. The maximum Gasteiger partial charge on any atom is 0.322 e. The second-order valence-electron chi connectivity index (χ2n) is 2.94. The van der Waals surface area contributed by atoms with Gasteiger partial charge in [-0.25, -0.2) is 0 Å². The number of aliphatic carboxylic acids is 1. The summed E-state index contributed by atoms with van der Waals surface area (Å²) < 4.78 is 0. The quantitative estimate of drug-likeness (QED) is 0.870. The van der Waals surface area contributed by atoms with Gasteiger partial charge in [-0.05, 0) is 19.1 Å². The summed E-state index contributed by atoms with van der Waals surface area (Å²) in [4.78, 5) is 21.5. The van der Waals surface area contributed by atoms with Crippen molar-refractivity contribution < 1.29 is 14.7 Å². The van der Waals surface area contributed by atoms with E-state index in [9.17, 15) is 9.59 Å². The van der Waals surface area contributed by atoms with Crippen LogP contribution in [0.4, 0.5) is 0 Å². The highest BCUT2D eigenvalue weighted by molar-refractivity contribution is 5.95. The standard InChI is InChI=1S/C10H11NO3.2C2H6/c1-7-2-4-8(5-3-7)10(14)11-6-9(12)13;2*1-2/h2-5H,6H2,1H3,(H,11,14)(H,12,13);2*1-2H3. The van der Waals surface area contributed by atoms with Gasteiger partial charge in [0.1, 0.15) is 6.54 Å². The lowest BCUT2D eigenvalue weighted by atomic mass is 10.1. The maximum absolute atomic E-state index is 11.3. The molecule has 2 N–H and O–H groups in total. The Kier molecular flexibility index (Phi) is 12.0. The molecule has 0 heterocycles. The Morgan fingerprint density at radius 2 is 1.50 bits per heavy atom. The van der Waals surface area contributed by atoms with Crippen LogP contribution in [0.1, 0.15) is 43.6 Å². The summed E-state index contributed by atoms with van der Waals surface area (Å²) >= 11 is 0. The van der Waals surface area contributed by atoms with Crippen molar-refractivity contribution in [3.05, 3.63) is 35.4 Å². The molecule has 0 spiro atoms. The van der Waals surface area contributed by atoms with Gasteiger partial charge < -0.3 is 10.4 Å². The lowest BCUT2D eigenvalue weighted by molar-refractivity contribution is -0.135. The highest BCUT2D eigenvalue weighted by atomic mass is 16.4. The number of nitrogens with one attached hydrogen (secondary N) is 1. The van der Waals surface area contributed by atoms with E-state index in [-0.39, 0.29) is 12.5 Å². The van der Waals surface area contributed by atoms with Gasteiger partial charge in [0.2, 0.25) is 0 Å². The van der Waals surface area contributed by atoms with Crippen LogP contribution < -0.4 is 5.32 Å². The largest absolute Gasteiger partial charge is 0.480 e. The third-order valence-electron chi connectivity index (χ3n) is 1.71. The van der Waals surface area contributed by atoms with Crippen molar-refractivity contribution in [2.24, 2.45) is 0 Å². The Labute approximate surface area is 109 Å². The Hall–Kier alpha value is -1.84. The molecular weight excluding hydrogens is 230 g/mol. The van der Waals surface area contributed by atoms with Crippen LogP contribution in [0.25, 0.3) is 0 Å². The molecule has 1 amide bonds. The fourth-order valence-electron chi connectivity index (χ4n) is 0.963. The van der Waals surface area contributed by atoms with Gasteiger partial charge in [-0.15, -0.1) is 0 Å². The molecule has 0 aliphatic heterocycles. The first-order valence-corrected chi connectivity index (χ1v) is 6.16. The lowest BCUT2D eigenvalue weighted by Crippen LogP contribution is -2.29. The number of rotatable bonds is 3. The van der Waals surface area contributed by atoms with E-state index in [0.717, 1.165) is 5.56 Å². The highest BCUT2D eigenvalue weighted by Crippen LogP contribution is 2.02. The molecule has 0 radical (unpaired) electrons. The van der Waals surface area contributed by atoms with Gasteiger partial charge in [0.05, 0.1) is 0 Å². The van der Waals surface area contributed by atoms with Gasteiger partial charge in [0.25, 0.3) is 5.91 Å². The topological polar surface area (TPSA) is 66.4 Å². The van der Waals surface area contributed by atoms with Crippen LogP contribution in [-0.2, 0) is 4.79 Å². The van der Waals surface area contributed by atoms with Crippen LogP contribution in [0.15, 0.2) is 24.3 Å². The summed E-state index contributed by atoms with van der Waals surface area (Å²) in [6.45, 7) is 9.56. The van der Waals surface area contributed by atoms with E-state index < -0.39 is 5.97 Å². The number of hydrogen-bond donors (Lipinski definition) is 2. The Morgan fingerprint density at radius 3 is 1.89 bits per heavy atom. The maximum atomic E-state index is 11.3. The van der Waals surface area contributed by atoms with Gasteiger partial charge >= 0.3 is 5.97 Å². The van der Waals surface area contributed by atoms with Crippen molar-refractivity contribution >= 4 is 11.9 Å². The molecule has 0 unspecified atom stereocenters. The van der Waals surface area contributed by atoms with Crippen molar-refractivity contribution in [1.29, 1.82) is 0 Å². The fraction of sp³-hybridized carbons (Fsp3) is 0.429. The van der Waals surface area contributed by atoms with E-state index in [0.29, 0.717) is 5.56 Å². The number of carbonyl (C=O) groups excluding carboxylic acids is 1. The normalized spacial score (nSPS) is 8.06. The molecule has 1 aromatic carbocycles. The van der Waals surface area contributed by atoms with Gasteiger partial charge in [-0.1, -0.05) is 45.4 Å². The summed E-state index contributed by atoms with van der Waals surface area (Å²) in [5, 5.41) is 10.6. The van der Waals surface area contributed by atoms with Gasteiger partial charge in [-0.3, -0.25) is 9.59 Å². The SMILES string of the molecule is CC.CC.Cc1ccc(C(=O)NCC(=O)O)cc1. The first-order chi connectivity index (χ1) is 8.59. The van der Waals surface area contributed by atoms with Crippen molar-refractivity contribution in [3.63, 3.8) is 0 Å². The number of carboxylic acids is 1. The Morgan fingerprint density at radius 1 is 1.06 bits per heavy atom. The molecule has 4 nitrogen and oxygen atoms in total. The van der Waals surface area contributed by atoms with E-state index in [4.69, 9.17) is 5.11 Å². The Bertz CT molecular complexity index is 345. The number of amides is 1. The Balaban J connectivity index is 0. The molecule has 0 aliphatic carbocycles. The van der Waals surface area contributed by atoms with E-state index in [2.05, 4.69) is 5.32 Å². The van der Waals surface area contributed by atoms with Crippen LogP contribution in [0, 0.1) is 6.92 Å². The molecule has 0 bridgehead atoms. The number of hydrogen-bond acceptors (Lipinski definition) is 2. The molecule has 0 fully saturated rings. The molecule has 0 atom stereocenters. The van der Waals surface area contributed by atoms with Crippen LogP contribution in [0.3, 0.4) is 0 Å². The molecule has 18 heavy (non-hydrogen) atoms. The van der Waals surface area contributed by atoms with Crippen LogP contribution in [0.2, 0.25) is 0 Å². The predicted octanol–water partition coefficient (Wildman–Crippen LogP) is 2.86. The second-order valence-corrected chi connectivity index (χ2v) is 2.94. The zero-order valence-electron chi connectivity index (χ0n) is 11.8. The second kappa shape index (κ2) is 11.6. The number of carboxylic acid groups (broad SMARTS) is 1. The fourth-order valence-corrected chi connectivity index (χ4v) is 0.963. The average molecular weight is 253 g/mol. The summed E-state index contributed by atoms with van der Waals surface area (Å²) in [5.41, 5.74) is 1.52. The highest BCUT2D eigenvalue weighted by Gasteiger charge is 2.05. The monoisotopic (exact) mass is 253 g/mol. The molecule has 1 aromatic rings. The summed E-state index contributed by atoms with van der Waals surface area (Å²) in [6.07, 6.45) is 0. The first-order valence-electron chi connectivity index (χ1n) is 6.16. The zero-order chi connectivity index (χ0) is 14.6. The van der Waals surface area contributed by atoms with Crippen molar-refractivity contribution in [3.8, 4) is 0 Å². The van der Waals surface area contributed by atoms with Crippen LogP contribution in [-0.4, -0.2) is 23.5 Å². The third-order valence-corrected chi connectivity index (χ3v) is 1.71. The predicted molar refractivity (Wildman–Crippen MR) is 73.8 cm³/mol. The summed E-state index contributed by atoms with van der Waals surface area (Å²) in [6, 6.07) is 6.92. The summed E-state index contributed by atoms with van der Waals surface area (Å²) in [5.74, 6) is -1.42. The smallest absolute Gasteiger partial charge is 0.322 e. The van der Waals surface area contributed by atoms with E-state index in [1.54, 1.807) is 24.3 Å². The van der Waals surface area contributed by atoms with Gasteiger partial charge in [0.15, 0.2) is 0 Å². The third kappa shape index (κ3) is 8.33. The minimum absolute atomic E-state index is 0.354. The molecule has 102 valence electrons. The van der Waals surface area contributed by atoms with Crippen LogP contribution >= 0.6 is 0 Å². The summed E-state index contributed by atoms with van der Waals surface area (Å²) in [7, 11) is 0. The first kappa shape index (κ1) is 18.5. The van der Waals surface area contributed by atoms with Crippen LogP contribution in [0.5, 0.6) is 0 Å². The molecule has 0 aliphatic rings. The van der Waals surface area contributed by atoms with E-state index >= 15 is 0 Å². The number of carbonyl (C=O) groups is 2. The molecule has 1 rings (SSSR count).